The third-order valence-electron chi connectivity index (χ3n) is 3.68. The second-order valence-corrected chi connectivity index (χ2v) is 4.93. The average Bonchev–Trinajstić information content (AvgIpc) is 2.49. The number of carbonyl (C=O) groups is 1. The van der Waals surface area contributed by atoms with Crippen LogP contribution >= 0.6 is 0 Å². The van der Waals surface area contributed by atoms with Gasteiger partial charge in [-0.3, -0.25) is 9.69 Å². The largest absolute Gasteiger partial charge is 0.496 e. The number of benzene rings is 1. The monoisotopic (exact) mass is 278 g/mol. The Morgan fingerprint density at radius 3 is 2.60 bits per heavy atom. The van der Waals surface area contributed by atoms with Crippen molar-refractivity contribution in [3.05, 3.63) is 29.8 Å². The maximum absolute atomic E-state index is 12.3. The van der Waals surface area contributed by atoms with Gasteiger partial charge in [0.05, 0.1) is 20.1 Å². The fraction of sp³-hybridized carbons (Fsp3) is 0.533. The summed E-state index contributed by atoms with van der Waals surface area (Å²) < 4.78 is 5.28. The molecule has 110 valence electrons. The van der Waals surface area contributed by atoms with Gasteiger partial charge in [0.2, 0.25) is 5.91 Å². The van der Waals surface area contributed by atoms with E-state index in [-0.39, 0.29) is 12.5 Å². The van der Waals surface area contributed by atoms with Gasteiger partial charge in [-0.2, -0.15) is 0 Å². The lowest BCUT2D eigenvalue weighted by Crippen LogP contribution is -2.49. The number of aliphatic hydroxyl groups is 1. The molecule has 1 aromatic rings. The molecule has 0 aliphatic carbocycles. The molecule has 0 aromatic heterocycles. The van der Waals surface area contributed by atoms with Gasteiger partial charge in [-0.15, -0.1) is 0 Å². The van der Waals surface area contributed by atoms with Gasteiger partial charge in [-0.05, 0) is 6.07 Å². The van der Waals surface area contributed by atoms with E-state index in [1.54, 1.807) is 7.11 Å². The first kappa shape index (κ1) is 14.8. The molecule has 5 heteroatoms. The molecule has 0 radical (unpaired) electrons. The van der Waals surface area contributed by atoms with E-state index in [9.17, 15) is 4.79 Å². The Kier molecular flexibility index (Phi) is 5.38. The second kappa shape index (κ2) is 7.26. The molecule has 5 nitrogen and oxygen atoms in total. The SMILES string of the molecule is COc1ccccc1CC(=O)N1CCN(CCO)CC1. The van der Waals surface area contributed by atoms with E-state index < -0.39 is 0 Å². The Labute approximate surface area is 119 Å². The molecular weight excluding hydrogens is 256 g/mol. The fourth-order valence-corrected chi connectivity index (χ4v) is 2.49. The van der Waals surface area contributed by atoms with Crippen molar-refractivity contribution in [2.75, 3.05) is 46.4 Å². The standard InChI is InChI=1S/C15H22N2O3/c1-20-14-5-3-2-4-13(14)12-15(19)17-8-6-16(7-9-17)10-11-18/h2-5,18H,6-12H2,1H3. The number of piperazine rings is 1. The van der Waals surface area contributed by atoms with Crippen LogP contribution in [0.1, 0.15) is 5.56 Å². The highest BCUT2D eigenvalue weighted by atomic mass is 16.5. The predicted molar refractivity (Wildman–Crippen MR) is 76.8 cm³/mol. The van der Waals surface area contributed by atoms with Crippen molar-refractivity contribution in [1.29, 1.82) is 0 Å². The van der Waals surface area contributed by atoms with Gasteiger partial charge in [0, 0.05) is 38.3 Å². The van der Waals surface area contributed by atoms with Crippen LogP contribution < -0.4 is 4.74 Å². The number of β-amino-alcohol motifs (C(OH)–C–C–N with tert-alkyl or cyclic N) is 1. The first-order valence-corrected chi connectivity index (χ1v) is 6.97. The van der Waals surface area contributed by atoms with Crippen LogP contribution in [0.25, 0.3) is 0 Å². The van der Waals surface area contributed by atoms with Crippen LogP contribution in [-0.2, 0) is 11.2 Å². The van der Waals surface area contributed by atoms with Gasteiger partial charge >= 0.3 is 0 Å². The average molecular weight is 278 g/mol. The smallest absolute Gasteiger partial charge is 0.227 e. The molecule has 0 spiro atoms. The minimum Gasteiger partial charge on any atom is -0.496 e. The number of ether oxygens (including phenoxy) is 1. The van der Waals surface area contributed by atoms with Crippen LogP contribution in [0.4, 0.5) is 0 Å². The summed E-state index contributed by atoms with van der Waals surface area (Å²) in [5, 5.41) is 8.91. The summed E-state index contributed by atoms with van der Waals surface area (Å²) in [4.78, 5) is 16.4. The van der Waals surface area contributed by atoms with Gasteiger partial charge in [-0.25, -0.2) is 0 Å². The molecule has 1 aliphatic rings. The summed E-state index contributed by atoms with van der Waals surface area (Å²) in [5.74, 6) is 0.901. The van der Waals surface area contributed by atoms with Crippen LogP contribution in [0.5, 0.6) is 5.75 Å². The highest BCUT2D eigenvalue weighted by molar-refractivity contribution is 5.79. The molecule has 1 fully saturated rings. The maximum Gasteiger partial charge on any atom is 0.227 e. The fourth-order valence-electron chi connectivity index (χ4n) is 2.49. The zero-order chi connectivity index (χ0) is 14.4. The number of aliphatic hydroxyl groups excluding tert-OH is 1. The maximum atomic E-state index is 12.3. The number of carbonyl (C=O) groups excluding carboxylic acids is 1. The van der Waals surface area contributed by atoms with Crippen LogP contribution in [0.15, 0.2) is 24.3 Å². The lowest BCUT2D eigenvalue weighted by Gasteiger charge is -2.34. The summed E-state index contributed by atoms with van der Waals surface area (Å²) in [5.41, 5.74) is 0.929. The van der Waals surface area contributed by atoms with Crippen molar-refractivity contribution in [3.63, 3.8) is 0 Å². The Hall–Kier alpha value is -1.59. The van der Waals surface area contributed by atoms with Crippen LogP contribution in [-0.4, -0.2) is 67.3 Å². The van der Waals surface area contributed by atoms with Crippen LogP contribution in [0.3, 0.4) is 0 Å². The van der Waals surface area contributed by atoms with Gasteiger partial charge in [0.25, 0.3) is 0 Å². The lowest BCUT2D eigenvalue weighted by molar-refractivity contribution is -0.132. The van der Waals surface area contributed by atoms with E-state index in [0.717, 1.165) is 37.5 Å². The normalized spacial score (nSPS) is 16.2. The summed E-state index contributed by atoms with van der Waals surface area (Å²) >= 11 is 0. The predicted octanol–water partition coefficient (Wildman–Crippen LogP) is 0.374. The van der Waals surface area contributed by atoms with E-state index >= 15 is 0 Å². The highest BCUT2D eigenvalue weighted by Crippen LogP contribution is 2.18. The van der Waals surface area contributed by atoms with E-state index in [0.29, 0.717) is 13.0 Å². The van der Waals surface area contributed by atoms with Crippen molar-refractivity contribution in [2.24, 2.45) is 0 Å². The van der Waals surface area contributed by atoms with E-state index in [1.807, 2.05) is 29.2 Å². The number of amides is 1. The molecule has 1 heterocycles. The van der Waals surface area contributed by atoms with Gasteiger partial charge < -0.3 is 14.7 Å². The molecular formula is C15H22N2O3. The molecule has 20 heavy (non-hydrogen) atoms. The van der Waals surface area contributed by atoms with Crippen molar-refractivity contribution in [2.45, 2.75) is 6.42 Å². The third-order valence-corrected chi connectivity index (χ3v) is 3.68. The Morgan fingerprint density at radius 1 is 1.25 bits per heavy atom. The van der Waals surface area contributed by atoms with E-state index in [2.05, 4.69) is 4.90 Å². The first-order valence-electron chi connectivity index (χ1n) is 6.97. The first-order chi connectivity index (χ1) is 9.74. The molecule has 0 saturated carbocycles. The van der Waals surface area contributed by atoms with Crippen molar-refractivity contribution >= 4 is 5.91 Å². The Balaban J connectivity index is 1.89. The molecule has 1 aliphatic heterocycles. The van der Waals surface area contributed by atoms with E-state index in [1.165, 1.54) is 0 Å². The van der Waals surface area contributed by atoms with E-state index in [4.69, 9.17) is 9.84 Å². The number of methoxy groups -OCH3 is 1. The summed E-state index contributed by atoms with van der Waals surface area (Å²) in [6.07, 6.45) is 0.379. The van der Waals surface area contributed by atoms with Crippen molar-refractivity contribution < 1.29 is 14.6 Å². The number of hydrogen-bond acceptors (Lipinski definition) is 4. The molecule has 2 rings (SSSR count). The summed E-state index contributed by atoms with van der Waals surface area (Å²) in [6.45, 7) is 3.99. The van der Waals surface area contributed by atoms with Crippen molar-refractivity contribution in [3.8, 4) is 5.75 Å². The van der Waals surface area contributed by atoms with Gasteiger partial charge in [-0.1, -0.05) is 18.2 Å². The summed E-state index contributed by atoms with van der Waals surface area (Å²) in [7, 11) is 1.62. The molecule has 1 saturated heterocycles. The Morgan fingerprint density at radius 2 is 1.95 bits per heavy atom. The number of hydrogen-bond donors (Lipinski definition) is 1. The lowest BCUT2D eigenvalue weighted by atomic mass is 10.1. The molecule has 0 unspecified atom stereocenters. The zero-order valence-electron chi connectivity index (χ0n) is 11.9. The highest BCUT2D eigenvalue weighted by Gasteiger charge is 2.21. The van der Waals surface area contributed by atoms with Gasteiger partial charge in [0.1, 0.15) is 5.75 Å². The minimum atomic E-state index is 0.137. The van der Waals surface area contributed by atoms with Crippen LogP contribution in [0.2, 0.25) is 0 Å². The summed E-state index contributed by atoms with van der Waals surface area (Å²) in [6, 6.07) is 7.63. The molecule has 0 bridgehead atoms. The molecule has 1 aromatic carbocycles. The van der Waals surface area contributed by atoms with Crippen molar-refractivity contribution in [1.82, 2.24) is 9.80 Å². The number of nitrogens with zero attached hydrogens (tertiary/aromatic N) is 2. The second-order valence-electron chi connectivity index (χ2n) is 4.93. The minimum absolute atomic E-state index is 0.137. The third kappa shape index (κ3) is 3.71. The Bertz CT molecular complexity index is 442. The van der Waals surface area contributed by atoms with Crippen LogP contribution in [0, 0.1) is 0 Å². The number of rotatable bonds is 5. The topological polar surface area (TPSA) is 53.0 Å². The zero-order valence-corrected chi connectivity index (χ0v) is 11.9. The molecule has 1 N–H and O–H groups in total. The van der Waals surface area contributed by atoms with Gasteiger partial charge in [0.15, 0.2) is 0 Å². The quantitative estimate of drug-likeness (QED) is 0.846. The molecule has 1 amide bonds. The molecule has 0 atom stereocenters. The number of para-hydroxylation sites is 1.